The minimum Gasteiger partial charge on any atom is -0.736 e. The Morgan fingerprint density at radius 3 is 2.50 bits per heavy atom. The van der Waals surface area contributed by atoms with Crippen LogP contribution in [0.2, 0.25) is 0 Å². The molecule has 0 aliphatic rings. The molecule has 10 heavy (non-hydrogen) atoms. The Hall–Kier alpha value is -1.86. The van der Waals surface area contributed by atoms with Crippen LogP contribution in [0.5, 0.6) is 0 Å². The first-order valence-corrected chi connectivity index (χ1v) is 2.12. The first kappa shape index (κ1) is 6.26. The van der Waals surface area contributed by atoms with E-state index in [9.17, 15) is 20.1 Å². The Bertz CT molecular complexity index is 309. The molecule has 0 aliphatic heterocycles. The van der Waals surface area contributed by atoms with Gasteiger partial charge in [-0.1, -0.05) is 0 Å². The van der Waals surface area contributed by atoms with Crippen molar-refractivity contribution in [2.75, 3.05) is 0 Å². The Balaban J connectivity index is 3.31. The minimum absolute atomic E-state index is 0.431. The molecular formula is C2HN4O4-. The predicted molar refractivity (Wildman–Crippen MR) is 28.3 cm³/mol. The third-order valence-corrected chi connectivity index (χ3v) is 0.781. The van der Waals surface area contributed by atoms with Gasteiger partial charge in [-0.2, -0.15) is 4.73 Å². The highest BCUT2D eigenvalue weighted by atomic mass is 16.6. The third-order valence-electron chi connectivity index (χ3n) is 0.781. The van der Waals surface area contributed by atoms with E-state index in [2.05, 4.69) is 5.10 Å². The van der Waals surface area contributed by atoms with Gasteiger partial charge in [0.2, 0.25) is 0 Å². The second kappa shape index (κ2) is 1.83. The second-order valence-electron chi connectivity index (χ2n) is 1.38. The number of aromatic amines is 1. The average molecular weight is 145 g/mol. The Morgan fingerprint density at radius 2 is 2.30 bits per heavy atom. The zero-order valence-corrected chi connectivity index (χ0v) is 4.47. The summed E-state index contributed by atoms with van der Waals surface area (Å²) in [5.41, 5.74) is -1.15. The summed E-state index contributed by atoms with van der Waals surface area (Å²) in [5.74, 6) is -1.04. The molecule has 0 unspecified atom stereocenters. The number of aromatic nitrogens is 3. The molecule has 54 valence electrons. The van der Waals surface area contributed by atoms with Crippen molar-refractivity contribution in [2.24, 2.45) is 0 Å². The van der Waals surface area contributed by atoms with E-state index in [1.807, 2.05) is 0 Å². The summed E-state index contributed by atoms with van der Waals surface area (Å²) >= 11 is 0. The molecule has 0 spiro atoms. The number of nitro groups is 1. The smallest absolute Gasteiger partial charge is 0.459 e. The molecule has 1 heterocycles. The molecule has 8 nitrogen and oxygen atoms in total. The summed E-state index contributed by atoms with van der Waals surface area (Å²) in [6.07, 6.45) is 0. The summed E-state index contributed by atoms with van der Waals surface area (Å²) in [6.45, 7) is 0. The number of nitrogens with one attached hydrogen (secondary N) is 1. The fourth-order valence-electron chi connectivity index (χ4n) is 0.394. The average Bonchev–Trinajstić information content (AvgIpc) is 2.14. The lowest BCUT2D eigenvalue weighted by Crippen LogP contribution is -2.12. The van der Waals surface area contributed by atoms with Gasteiger partial charge in [0, 0.05) is 5.10 Å². The van der Waals surface area contributed by atoms with E-state index in [1.165, 1.54) is 0 Å². The summed E-state index contributed by atoms with van der Waals surface area (Å²) in [6, 6.07) is 0. The zero-order valence-electron chi connectivity index (χ0n) is 4.47. The minimum atomic E-state index is -1.15. The van der Waals surface area contributed by atoms with Crippen LogP contribution in [0.1, 0.15) is 0 Å². The molecule has 1 N–H and O–H groups in total. The fourth-order valence-corrected chi connectivity index (χ4v) is 0.394. The quantitative estimate of drug-likeness (QED) is 0.394. The van der Waals surface area contributed by atoms with Crippen molar-refractivity contribution in [2.45, 2.75) is 0 Å². The number of hydrogen-bond acceptors (Lipinski definition) is 5. The summed E-state index contributed by atoms with van der Waals surface area (Å²) in [4.78, 5) is 18.9. The van der Waals surface area contributed by atoms with Gasteiger partial charge >= 0.3 is 11.6 Å². The molecule has 0 saturated carbocycles. The van der Waals surface area contributed by atoms with Crippen molar-refractivity contribution in [3.05, 3.63) is 25.8 Å². The SMILES string of the molecule is O=c1[nH]nc([N+](=O)[O-])n1[O-]. The Labute approximate surface area is 52.8 Å². The van der Waals surface area contributed by atoms with E-state index in [0.29, 0.717) is 0 Å². The number of hydrogen-bond donors (Lipinski definition) is 1. The maximum Gasteiger partial charge on any atom is 0.459 e. The highest BCUT2D eigenvalue weighted by molar-refractivity contribution is 5.02. The topological polar surface area (TPSA) is 117 Å². The van der Waals surface area contributed by atoms with Gasteiger partial charge in [0.15, 0.2) is 0 Å². The molecule has 0 fully saturated rings. The lowest BCUT2D eigenvalue weighted by Gasteiger charge is -1.96. The molecule has 1 rings (SSSR count). The summed E-state index contributed by atoms with van der Waals surface area (Å²) < 4.78 is -0.431. The highest BCUT2D eigenvalue weighted by Crippen LogP contribution is 1.97. The van der Waals surface area contributed by atoms with E-state index in [0.717, 1.165) is 0 Å². The monoisotopic (exact) mass is 145 g/mol. The van der Waals surface area contributed by atoms with Crippen LogP contribution in [-0.2, 0) is 0 Å². The van der Waals surface area contributed by atoms with Crippen LogP contribution in [0.25, 0.3) is 0 Å². The molecule has 0 bridgehead atoms. The molecule has 1 aromatic heterocycles. The van der Waals surface area contributed by atoms with Crippen molar-refractivity contribution in [1.29, 1.82) is 0 Å². The van der Waals surface area contributed by atoms with E-state index in [1.54, 1.807) is 5.10 Å². The fraction of sp³-hybridized carbons (Fsp3) is 0. The first-order valence-electron chi connectivity index (χ1n) is 2.12. The van der Waals surface area contributed by atoms with Crippen molar-refractivity contribution >= 4 is 5.95 Å². The normalized spacial score (nSPS) is 9.60. The van der Waals surface area contributed by atoms with Crippen LogP contribution < -0.4 is 5.69 Å². The standard InChI is InChI=1S/C2HN4O4/c7-2-4-3-1(5(2)8)6(9)10/h(H,4,7)/q-1. The summed E-state index contributed by atoms with van der Waals surface area (Å²) in [5, 5.41) is 24.5. The van der Waals surface area contributed by atoms with Gasteiger partial charge in [-0.15, -0.1) is 5.10 Å². The Kier molecular flexibility index (Phi) is 1.14. The molecule has 0 atom stereocenters. The van der Waals surface area contributed by atoms with Gasteiger partial charge in [-0.05, 0) is 4.92 Å². The molecule has 1 aromatic rings. The lowest BCUT2D eigenvalue weighted by atomic mass is 11.1. The van der Waals surface area contributed by atoms with Crippen molar-refractivity contribution < 1.29 is 4.92 Å². The molecule has 8 heteroatoms. The first-order chi connectivity index (χ1) is 4.63. The number of H-pyrrole nitrogens is 1. The molecule has 0 aromatic carbocycles. The van der Waals surface area contributed by atoms with E-state index >= 15 is 0 Å². The molecule has 0 aliphatic carbocycles. The zero-order chi connectivity index (χ0) is 7.72. The maximum absolute atomic E-state index is 10.3. The largest absolute Gasteiger partial charge is 0.736 e. The van der Waals surface area contributed by atoms with Gasteiger partial charge in [0.1, 0.15) is 0 Å². The molecule has 0 radical (unpaired) electrons. The second-order valence-corrected chi connectivity index (χ2v) is 1.38. The lowest BCUT2D eigenvalue weighted by molar-refractivity contribution is -0.396. The van der Waals surface area contributed by atoms with Gasteiger partial charge in [0.05, 0.1) is 0 Å². The van der Waals surface area contributed by atoms with Crippen molar-refractivity contribution in [3.63, 3.8) is 0 Å². The number of nitrogens with zero attached hydrogens (tertiary/aromatic N) is 3. The van der Waals surface area contributed by atoms with Gasteiger partial charge in [-0.25, -0.2) is 4.79 Å². The van der Waals surface area contributed by atoms with Gasteiger partial charge in [-0.3, -0.25) is 0 Å². The van der Waals surface area contributed by atoms with Gasteiger partial charge in [0.25, 0.3) is 0 Å². The van der Waals surface area contributed by atoms with Crippen LogP contribution in [0.15, 0.2) is 4.79 Å². The van der Waals surface area contributed by atoms with Crippen LogP contribution in [-0.4, -0.2) is 19.9 Å². The van der Waals surface area contributed by atoms with Crippen molar-refractivity contribution in [1.82, 2.24) is 14.9 Å². The maximum atomic E-state index is 10.3. The van der Waals surface area contributed by atoms with Crippen LogP contribution in [0, 0.1) is 15.3 Å². The Morgan fingerprint density at radius 1 is 1.70 bits per heavy atom. The van der Waals surface area contributed by atoms with Crippen LogP contribution in [0.4, 0.5) is 5.95 Å². The van der Waals surface area contributed by atoms with Crippen LogP contribution in [0.3, 0.4) is 0 Å². The van der Waals surface area contributed by atoms with Crippen LogP contribution >= 0.6 is 0 Å². The summed E-state index contributed by atoms with van der Waals surface area (Å²) in [7, 11) is 0. The number of rotatable bonds is 1. The predicted octanol–water partition coefficient (Wildman–Crippen LogP) is -1.17. The van der Waals surface area contributed by atoms with Gasteiger partial charge < -0.3 is 15.3 Å². The third kappa shape index (κ3) is 0.708. The highest BCUT2D eigenvalue weighted by Gasteiger charge is 2.11. The van der Waals surface area contributed by atoms with E-state index in [4.69, 9.17) is 0 Å². The van der Waals surface area contributed by atoms with E-state index in [-0.39, 0.29) is 0 Å². The molecular weight excluding hydrogens is 144 g/mol. The van der Waals surface area contributed by atoms with E-state index < -0.39 is 21.3 Å². The molecule has 0 saturated heterocycles. The van der Waals surface area contributed by atoms with Crippen molar-refractivity contribution in [3.8, 4) is 0 Å². The molecule has 0 amide bonds.